The topological polar surface area (TPSA) is 155 Å². The van der Waals surface area contributed by atoms with Gasteiger partial charge in [-0.3, -0.25) is 0 Å². The summed E-state index contributed by atoms with van der Waals surface area (Å²) in [4.78, 5) is 15.4. The molecule has 4 N–H and O–H groups in total. The molecule has 0 fully saturated rings. The second kappa shape index (κ2) is 5.88. The summed E-state index contributed by atoms with van der Waals surface area (Å²) < 4.78 is 40.8. The zero-order valence-corrected chi connectivity index (χ0v) is 10.2. The second-order valence-corrected chi connectivity index (χ2v) is 5.21. The van der Waals surface area contributed by atoms with Gasteiger partial charge in [0.2, 0.25) is 0 Å². The number of hydrogen-bond acceptors (Lipinski definition) is 5. The molecule has 0 saturated carbocycles. The summed E-state index contributed by atoms with van der Waals surface area (Å²) in [6.07, 6.45) is 0. The van der Waals surface area contributed by atoms with Gasteiger partial charge in [0.05, 0.1) is 0 Å². The van der Waals surface area contributed by atoms with E-state index in [2.05, 4.69) is 3.18 Å². The zero-order chi connectivity index (χ0) is 7.71. The Labute approximate surface area is 87.1 Å². The molecular weight excluding hydrogens is 278 g/mol. The first-order chi connectivity index (χ1) is 3.71. The predicted octanol–water partition coefficient (Wildman–Crippen LogP) is -5.69. The first-order valence-electron chi connectivity index (χ1n) is 1.43. The van der Waals surface area contributed by atoms with Gasteiger partial charge >= 0.3 is 82.2 Å². The van der Waals surface area contributed by atoms with Gasteiger partial charge in [0.15, 0.2) is 0 Å². The molecule has 0 bridgehead atoms. The SMILES string of the molecule is O.O=P(O)(O)[O][Mo](=[O])(=[O])[O-].[Na+]. The van der Waals surface area contributed by atoms with Gasteiger partial charge in [0.1, 0.15) is 0 Å². The fourth-order valence-electron chi connectivity index (χ4n) is 0.119. The minimum absolute atomic E-state index is 0. The molecule has 0 aromatic carbocycles. The molecule has 0 unspecified atom stereocenters. The maximum Gasteiger partial charge on any atom is 1.00 e. The van der Waals surface area contributed by atoms with E-state index >= 15 is 0 Å². The van der Waals surface area contributed by atoms with Crippen LogP contribution in [0.5, 0.6) is 0 Å². The van der Waals surface area contributed by atoms with Crippen molar-refractivity contribution in [3.05, 3.63) is 0 Å². The summed E-state index contributed by atoms with van der Waals surface area (Å²) in [5, 5.41) is 0. The number of hydrogen-bond donors (Lipinski definition) is 2. The van der Waals surface area contributed by atoms with Crippen molar-refractivity contribution < 1.29 is 79.9 Å². The van der Waals surface area contributed by atoms with Crippen LogP contribution in [0.2, 0.25) is 0 Å². The van der Waals surface area contributed by atoms with E-state index in [9.17, 15) is 15.1 Å². The van der Waals surface area contributed by atoms with Crippen molar-refractivity contribution in [2.75, 3.05) is 0 Å². The molecule has 0 aliphatic carbocycles. The third-order valence-corrected chi connectivity index (χ3v) is 3.34. The third kappa shape index (κ3) is 18.3. The molecule has 0 rings (SSSR count). The van der Waals surface area contributed by atoms with E-state index in [1.165, 1.54) is 0 Å². The maximum absolute atomic E-state index is 9.57. The van der Waals surface area contributed by atoms with Crippen LogP contribution in [0.3, 0.4) is 0 Å². The van der Waals surface area contributed by atoms with E-state index in [-0.39, 0.29) is 35.0 Å². The quantitative estimate of drug-likeness (QED) is 0.377. The fourth-order valence-corrected chi connectivity index (χ4v) is 2.11. The monoisotopic (exact) mass is 284 g/mol. The van der Waals surface area contributed by atoms with E-state index in [0.717, 1.165) is 0 Å². The molecule has 0 atom stereocenters. The molecule has 0 radical (unpaired) electrons. The van der Waals surface area contributed by atoms with Crippen molar-refractivity contribution in [3.8, 4) is 0 Å². The standard InChI is InChI=1S/Mo.Na.H3O4P.H2O.3O/c;;1-5(2,3)4;;;;/h;;(H3,1,2,3,4);1H2;;;/q2*+1;;;;;-1/p-1. The minimum atomic E-state index is -6.28. The summed E-state index contributed by atoms with van der Waals surface area (Å²) in [6, 6.07) is 0. The van der Waals surface area contributed by atoms with E-state index in [0.29, 0.717) is 0 Å². The number of rotatable bonds is 2. The van der Waals surface area contributed by atoms with Gasteiger partial charge in [0.25, 0.3) is 0 Å². The van der Waals surface area contributed by atoms with Crippen LogP contribution in [0.1, 0.15) is 0 Å². The van der Waals surface area contributed by atoms with Crippen LogP contribution in [-0.2, 0) is 31.3 Å². The first kappa shape index (κ1) is 18.2. The van der Waals surface area contributed by atoms with Gasteiger partial charge in [-0.15, -0.1) is 0 Å². The molecule has 11 heavy (non-hydrogen) atoms. The Bertz CT molecular complexity index is 220. The molecule has 8 nitrogen and oxygen atoms in total. The Morgan fingerprint density at radius 2 is 1.64 bits per heavy atom. The zero-order valence-electron chi connectivity index (χ0n) is 5.29. The fraction of sp³-hybridized carbons (Fsp3) is 0. The molecule has 64 valence electrons. The van der Waals surface area contributed by atoms with Crippen LogP contribution < -0.4 is 33.3 Å². The Kier molecular flexibility index (Phi) is 9.71. The van der Waals surface area contributed by atoms with Crippen LogP contribution in [0.4, 0.5) is 0 Å². The van der Waals surface area contributed by atoms with E-state index in [1.54, 1.807) is 0 Å². The van der Waals surface area contributed by atoms with Crippen molar-refractivity contribution >= 4 is 7.82 Å². The van der Waals surface area contributed by atoms with Crippen LogP contribution in [0.15, 0.2) is 0 Å². The summed E-state index contributed by atoms with van der Waals surface area (Å²) in [5.74, 6) is 0. The molecule has 0 spiro atoms. The van der Waals surface area contributed by atoms with Crippen LogP contribution in [0.25, 0.3) is 0 Å². The molecule has 11 heteroatoms. The van der Waals surface area contributed by atoms with Crippen molar-refractivity contribution in [1.82, 2.24) is 0 Å². The Morgan fingerprint density at radius 3 is 1.64 bits per heavy atom. The molecule has 0 aromatic rings. The average Bonchev–Trinajstić information content (AvgIpc) is 1.14. The Balaban J connectivity index is -0.000000320. The average molecular weight is 282 g/mol. The molecule has 0 saturated heterocycles. The van der Waals surface area contributed by atoms with Gasteiger partial charge < -0.3 is 5.48 Å². The van der Waals surface area contributed by atoms with Gasteiger partial charge in [-0.05, 0) is 0 Å². The van der Waals surface area contributed by atoms with E-state index in [4.69, 9.17) is 9.79 Å². The van der Waals surface area contributed by atoms with Gasteiger partial charge in [-0.1, -0.05) is 0 Å². The van der Waals surface area contributed by atoms with E-state index in [1.807, 2.05) is 0 Å². The third-order valence-electron chi connectivity index (χ3n) is 0.188. The molecule has 0 aliphatic rings. The molecule has 0 amide bonds. The van der Waals surface area contributed by atoms with Crippen molar-refractivity contribution in [3.63, 3.8) is 0 Å². The normalized spacial score (nSPS) is 11.2. The van der Waals surface area contributed by atoms with Crippen molar-refractivity contribution in [2.24, 2.45) is 0 Å². The van der Waals surface area contributed by atoms with E-state index < -0.39 is 24.6 Å². The van der Waals surface area contributed by atoms with Gasteiger partial charge in [-0.25, -0.2) is 0 Å². The van der Waals surface area contributed by atoms with Gasteiger partial charge in [-0.2, -0.15) is 0 Å². The molecule has 0 aromatic heterocycles. The predicted molar refractivity (Wildman–Crippen MR) is 18.1 cm³/mol. The van der Waals surface area contributed by atoms with Crippen LogP contribution >= 0.6 is 7.82 Å². The smallest absolute Gasteiger partial charge is 1.00 e. The van der Waals surface area contributed by atoms with Crippen molar-refractivity contribution in [2.45, 2.75) is 0 Å². The Hall–Kier alpha value is 1.32. The molecule has 0 aliphatic heterocycles. The second-order valence-electron chi connectivity index (χ2n) is 0.973. The molecular formula is H4MoNaO8P. The summed E-state index contributed by atoms with van der Waals surface area (Å²) >= 11 is -6.28. The summed E-state index contributed by atoms with van der Waals surface area (Å²) in [7, 11) is -5.14. The summed E-state index contributed by atoms with van der Waals surface area (Å²) in [6.45, 7) is 0. The first-order valence-corrected chi connectivity index (χ1v) is 6.24. The molecule has 0 heterocycles. The van der Waals surface area contributed by atoms with Crippen LogP contribution in [0, 0.1) is 0 Å². The minimum Gasteiger partial charge on any atom is 1.00 e. The Morgan fingerprint density at radius 1 is 1.36 bits per heavy atom. The van der Waals surface area contributed by atoms with Crippen LogP contribution in [-0.4, -0.2) is 15.3 Å². The maximum atomic E-state index is 9.57. The van der Waals surface area contributed by atoms with Crippen molar-refractivity contribution in [1.29, 1.82) is 0 Å². The van der Waals surface area contributed by atoms with Gasteiger partial charge in [0, 0.05) is 0 Å². The number of phosphoric acid groups is 1. The summed E-state index contributed by atoms with van der Waals surface area (Å²) in [5.41, 5.74) is 0. The largest absolute Gasteiger partial charge is 1.00 e.